The van der Waals surface area contributed by atoms with Crippen LogP contribution in [0.2, 0.25) is 0 Å². The van der Waals surface area contributed by atoms with Gasteiger partial charge in [0.1, 0.15) is 0 Å². The summed E-state index contributed by atoms with van der Waals surface area (Å²) < 4.78 is 0. The smallest absolute Gasteiger partial charge is 0.00675 e. The lowest BCUT2D eigenvalue weighted by Gasteiger charge is -2.22. The quantitative estimate of drug-likeness (QED) is 0.786. The Morgan fingerprint density at radius 1 is 1.18 bits per heavy atom. The highest BCUT2D eigenvalue weighted by atomic mass is 14.9. The molecule has 0 radical (unpaired) electrons. The molecule has 0 amide bonds. The monoisotopic (exact) mass is 233 g/mol. The van der Waals surface area contributed by atoms with Crippen molar-refractivity contribution in [3.8, 4) is 0 Å². The molecule has 0 fully saturated rings. The molecule has 96 valence electrons. The van der Waals surface area contributed by atoms with Crippen LogP contribution in [0.1, 0.15) is 43.9 Å². The number of aryl methyl sites for hydroxylation is 2. The van der Waals surface area contributed by atoms with E-state index in [-0.39, 0.29) is 0 Å². The van der Waals surface area contributed by atoms with E-state index in [4.69, 9.17) is 0 Å². The molecule has 0 saturated carbocycles. The summed E-state index contributed by atoms with van der Waals surface area (Å²) in [4.78, 5) is 0. The largest absolute Gasteiger partial charge is 0.314 e. The van der Waals surface area contributed by atoms with Crippen LogP contribution in [0.15, 0.2) is 18.2 Å². The summed E-state index contributed by atoms with van der Waals surface area (Å²) in [5.74, 6) is 0.682. The Kier molecular flexibility index (Phi) is 5.70. The molecule has 1 N–H and O–H groups in total. The van der Waals surface area contributed by atoms with Gasteiger partial charge in [-0.15, -0.1) is 0 Å². The first-order valence-corrected chi connectivity index (χ1v) is 6.84. The molecule has 1 rings (SSSR count). The summed E-state index contributed by atoms with van der Waals surface area (Å²) in [6.45, 7) is 12.4. The molecule has 0 spiro atoms. The van der Waals surface area contributed by atoms with Crippen molar-refractivity contribution in [1.82, 2.24) is 5.32 Å². The molecule has 2 unspecified atom stereocenters. The van der Waals surface area contributed by atoms with Crippen molar-refractivity contribution in [2.45, 2.75) is 53.5 Å². The van der Waals surface area contributed by atoms with Crippen LogP contribution < -0.4 is 5.32 Å². The zero-order valence-corrected chi connectivity index (χ0v) is 12.0. The first-order chi connectivity index (χ1) is 8.04. The second-order valence-corrected chi connectivity index (χ2v) is 5.35. The Hall–Kier alpha value is -0.820. The molecule has 1 aromatic carbocycles. The van der Waals surface area contributed by atoms with Crippen LogP contribution in [0.3, 0.4) is 0 Å². The van der Waals surface area contributed by atoms with Crippen molar-refractivity contribution in [1.29, 1.82) is 0 Å². The Morgan fingerprint density at radius 2 is 1.88 bits per heavy atom. The highest BCUT2D eigenvalue weighted by Gasteiger charge is 2.13. The van der Waals surface area contributed by atoms with Crippen LogP contribution in [-0.2, 0) is 6.42 Å². The fraction of sp³-hybridized carbons (Fsp3) is 0.625. The normalized spacial score (nSPS) is 14.6. The van der Waals surface area contributed by atoms with Crippen LogP contribution in [0.5, 0.6) is 0 Å². The molecule has 0 aromatic heterocycles. The van der Waals surface area contributed by atoms with Gasteiger partial charge in [0, 0.05) is 6.04 Å². The van der Waals surface area contributed by atoms with E-state index in [1.807, 2.05) is 0 Å². The molecule has 0 aliphatic carbocycles. The fourth-order valence-electron chi connectivity index (χ4n) is 2.12. The third-order valence-corrected chi connectivity index (χ3v) is 3.62. The van der Waals surface area contributed by atoms with Crippen molar-refractivity contribution in [2.75, 3.05) is 6.54 Å². The molecule has 0 aliphatic rings. The van der Waals surface area contributed by atoms with Gasteiger partial charge in [-0.25, -0.2) is 0 Å². The zero-order valence-electron chi connectivity index (χ0n) is 12.0. The van der Waals surface area contributed by atoms with Gasteiger partial charge >= 0.3 is 0 Å². The summed E-state index contributed by atoms with van der Waals surface area (Å²) in [5, 5.41) is 3.59. The minimum Gasteiger partial charge on any atom is -0.314 e. The first kappa shape index (κ1) is 14.2. The standard InChI is InChI=1S/C16H27N/c1-6-9-17-15(5)14(4)11-16-10-12(2)7-8-13(16)3/h7-8,10,14-15,17H,6,9,11H2,1-5H3. The Balaban J connectivity index is 2.60. The van der Waals surface area contributed by atoms with Crippen LogP contribution in [-0.4, -0.2) is 12.6 Å². The van der Waals surface area contributed by atoms with Crippen LogP contribution in [0.4, 0.5) is 0 Å². The maximum Gasteiger partial charge on any atom is 0.00675 e. The van der Waals surface area contributed by atoms with E-state index in [0.717, 1.165) is 6.54 Å². The Bertz CT molecular complexity index is 343. The van der Waals surface area contributed by atoms with Gasteiger partial charge in [-0.2, -0.15) is 0 Å². The highest BCUT2D eigenvalue weighted by Crippen LogP contribution is 2.17. The van der Waals surface area contributed by atoms with Crippen LogP contribution in [0, 0.1) is 19.8 Å². The SMILES string of the molecule is CCCNC(C)C(C)Cc1cc(C)ccc1C. The summed E-state index contributed by atoms with van der Waals surface area (Å²) in [5.41, 5.74) is 4.29. The minimum atomic E-state index is 0.592. The van der Waals surface area contributed by atoms with E-state index in [1.165, 1.54) is 29.5 Å². The summed E-state index contributed by atoms with van der Waals surface area (Å²) >= 11 is 0. The van der Waals surface area contributed by atoms with Gasteiger partial charge in [0.2, 0.25) is 0 Å². The summed E-state index contributed by atoms with van der Waals surface area (Å²) in [7, 11) is 0. The second kappa shape index (κ2) is 6.80. The molecule has 0 aliphatic heterocycles. The van der Waals surface area contributed by atoms with Crippen molar-refractivity contribution < 1.29 is 0 Å². The van der Waals surface area contributed by atoms with E-state index < -0.39 is 0 Å². The van der Waals surface area contributed by atoms with Crippen LogP contribution in [0.25, 0.3) is 0 Å². The first-order valence-electron chi connectivity index (χ1n) is 6.84. The van der Waals surface area contributed by atoms with Gasteiger partial charge in [-0.05, 0) is 57.2 Å². The van der Waals surface area contributed by atoms with E-state index in [0.29, 0.717) is 12.0 Å². The van der Waals surface area contributed by atoms with Gasteiger partial charge in [0.15, 0.2) is 0 Å². The van der Waals surface area contributed by atoms with Crippen molar-refractivity contribution in [3.63, 3.8) is 0 Å². The molecule has 17 heavy (non-hydrogen) atoms. The van der Waals surface area contributed by atoms with Crippen molar-refractivity contribution in [3.05, 3.63) is 34.9 Å². The Labute approximate surface area is 107 Å². The number of hydrogen-bond acceptors (Lipinski definition) is 1. The average Bonchev–Trinajstić information content (AvgIpc) is 2.30. The minimum absolute atomic E-state index is 0.592. The predicted molar refractivity (Wildman–Crippen MR) is 76.5 cm³/mol. The summed E-state index contributed by atoms with van der Waals surface area (Å²) in [6.07, 6.45) is 2.38. The lowest BCUT2D eigenvalue weighted by atomic mass is 9.91. The van der Waals surface area contributed by atoms with Crippen LogP contribution >= 0.6 is 0 Å². The summed E-state index contributed by atoms with van der Waals surface area (Å²) in [6, 6.07) is 7.36. The molecular formula is C16H27N. The van der Waals surface area contributed by atoms with Gasteiger partial charge < -0.3 is 5.32 Å². The molecule has 0 heterocycles. The lowest BCUT2D eigenvalue weighted by Crippen LogP contribution is -2.33. The second-order valence-electron chi connectivity index (χ2n) is 5.35. The highest BCUT2D eigenvalue weighted by molar-refractivity contribution is 5.30. The topological polar surface area (TPSA) is 12.0 Å². The molecule has 1 nitrogen and oxygen atoms in total. The molecule has 2 atom stereocenters. The fourth-order valence-corrected chi connectivity index (χ4v) is 2.12. The van der Waals surface area contributed by atoms with Crippen molar-refractivity contribution in [2.24, 2.45) is 5.92 Å². The van der Waals surface area contributed by atoms with E-state index in [9.17, 15) is 0 Å². The third-order valence-electron chi connectivity index (χ3n) is 3.62. The third kappa shape index (κ3) is 4.51. The number of hydrogen-bond donors (Lipinski definition) is 1. The van der Waals surface area contributed by atoms with E-state index in [2.05, 4.69) is 58.1 Å². The van der Waals surface area contributed by atoms with Gasteiger partial charge in [0.25, 0.3) is 0 Å². The van der Waals surface area contributed by atoms with Gasteiger partial charge in [0.05, 0.1) is 0 Å². The predicted octanol–water partition coefficient (Wildman–Crippen LogP) is 3.87. The van der Waals surface area contributed by atoms with Gasteiger partial charge in [-0.1, -0.05) is 37.6 Å². The van der Waals surface area contributed by atoms with E-state index >= 15 is 0 Å². The average molecular weight is 233 g/mol. The van der Waals surface area contributed by atoms with Gasteiger partial charge in [-0.3, -0.25) is 0 Å². The molecule has 1 aromatic rings. The maximum atomic E-state index is 3.59. The number of rotatable bonds is 6. The number of nitrogens with one attached hydrogen (secondary N) is 1. The maximum absolute atomic E-state index is 3.59. The number of benzene rings is 1. The molecule has 0 saturated heterocycles. The van der Waals surface area contributed by atoms with E-state index in [1.54, 1.807) is 0 Å². The molecule has 0 bridgehead atoms. The Morgan fingerprint density at radius 3 is 2.53 bits per heavy atom. The van der Waals surface area contributed by atoms with Crippen molar-refractivity contribution >= 4 is 0 Å². The molecular weight excluding hydrogens is 206 g/mol. The zero-order chi connectivity index (χ0) is 12.8. The molecule has 1 heteroatoms. The lowest BCUT2D eigenvalue weighted by molar-refractivity contribution is 0.398.